The maximum Gasteiger partial charge on any atom is 0.154 e. The number of nitrogens with one attached hydrogen (secondary N) is 1. The van der Waals surface area contributed by atoms with Gasteiger partial charge in [0.1, 0.15) is 5.69 Å². The van der Waals surface area contributed by atoms with Crippen molar-refractivity contribution in [3.05, 3.63) is 30.4 Å². The average molecular weight is 189 g/mol. The van der Waals surface area contributed by atoms with Crippen molar-refractivity contribution < 1.29 is 4.42 Å². The number of hydrogen-bond acceptors (Lipinski definition) is 3. The number of furan rings is 1. The fourth-order valence-corrected chi connectivity index (χ4v) is 1.81. The molecule has 0 saturated carbocycles. The Balaban J connectivity index is 2.11. The molecule has 1 N–H and O–H groups in total. The first-order valence-corrected chi connectivity index (χ1v) is 4.74. The second-order valence-corrected chi connectivity index (χ2v) is 3.39. The first kappa shape index (κ1) is 7.82. The summed E-state index contributed by atoms with van der Waals surface area (Å²) in [5.74, 6) is 0.849. The minimum Gasteiger partial charge on any atom is -0.463 e. The topological polar surface area (TPSA) is 43.0 Å². The monoisotopic (exact) mass is 189 g/mol. The van der Waals surface area contributed by atoms with Crippen molar-refractivity contribution >= 4 is 0 Å². The van der Waals surface area contributed by atoms with Crippen LogP contribution in [0.15, 0.2) is 29.1 Å². The number of imidazole rings is 1. The molecule has 0 unspecified atom stereocenters. The summed E-state index contributed by atoms with van der Waals surface area (Å²) in [4.78, 5) is 4.37. The molecule has 0 atom stereocenters. The van der Waals surface area contributed by atoms with E-state index in [1.54, 1.807) is 6.26 Å². The van der Waals surface area contributed by atoms with Crippen LogP contribution in [0.2, 0.25) is 0 Å². The molecule has 2 aromatic rings. The lowest BCUT2D eigenvalue weighted by molar-refractivity contribution is 0.514. The molecule has 0 aliphatic carbocycles. The van der Waals surface area contributed by atoms with Gasteiger partial charge in [-0.3, -0.25) is 0 Å². The molecule has 2 aromatic heterocycles. The van der Waals surface area contributed by atoms with E-state index < -0.39 is 0 Å². The molecule has 4 heteroatoms. The van der Waals surface area contributed by atoms with Gasteiger partial charge in [-0.15, -0.1) is 0 Å². The van der Waals surface area contributed by atoms with E-state index >= 15 is 0 Å². The predicted molar refractivity (Wildman–Crippen MR) is 51.6 cm³/mol. The molecule has 1 aliphatic rings. The smallest absolute Gasteiger partial charge is 0.154 e. The molecule has 0 fully saturated rings. The minimum absolute atomic E-state index is 0.849. The second-order valence-electron chi connectivity index (χ2n) is 3.39. The molecule has 0 spiro atoms. The summed E-state index contributed by atoms with van der Waals surface area (Å²) in [7, 11) is 0. The Hall–Kier alpha value is -1.55. The summed E-state index contributed by atoms with van der Waals surface area (Å²) in [5.41, 5.74) is 2.17. The Bertz CT molecular complexity index is 430. The highest BCUT2D eigenvalue weighted by molar-refractivity contribution is 5.55. The summed E-state index contributed by atoms with van der Waals surface area (Å²) >= 11 is 0. The van der Waals surface area contributed by atoms with Gasteiger partial charge in [-0.25, -0.2) is 4.98 Å². The lowest BCUT2D eigenvalue weighted by Crippen LogP contribution is -2.27. The first-order chi connectivity index (χ1) is 6.95. The zero-order valence-corrected chi connectivity index (χ0v) is 7.73. The van der Waals surface area contributed by atoms with E-state index in [9.17, 15) is 0 Å². The van der Waals surface area contributed by atoms with Gasteiger partial charge in [-0.2, -0.15) is 0 Å². The van der Waals surface area contributed by atoms with E-state index in [1.807, 2.05) is 18.5 Å². The van der Waals surface area contributed by atoms with E-state index in [-0.39, 0.29) is 0 Å². The second kappa shape index (κ2) is 2.99. The maximum absolute atomic E-state index is 5.34. The average Bonchev–Trinajstić information content (AvgIpc) is 2.85. The van der Waals surface area contributed by atoms with Crippen molar-refractivity contribution in [2.75, 3.05) is 6.54 Å². The molecular weight excluding hydrogens is 178 g/mol. The van der Waals surface area contributed by atoms with Crippen molar-refractivity contribution in [2.45, 2.75) is 13.1 Å². The van der Waals surface area contributed by atoms with E-state index in [0.717, 1.165) is 31.1 Å². The van der Waals surface area contributed by atoms with Crippen molar-refractivity contribution in [3.8, 4) is 11.5 Å². The van der Waals surface area contributed by atoms with Crippen LogP contribution < -0.4 is 5.32 Å². The number of nitrogens with zero attached hydrogens (tertiary/aromatic N) is 2. The fourth-order valence-electron chi connectivity index (χ4n) is 1.81. The highest BCUT2D eigenvalue weighted by Crippen LogP contribution is 2.23. The van der Waals surface area contributed by atoms with Gasteiger partial charge < -0.3 is 14.3 Å². The van der Waals surface area contributed by atoms with Crippen LogP contribution in [0.3, 0.4) is 0 Å². The molecular formula is C10H11N3O. The molecule has 0 amide bonds. The third-order valence-electron chi connectivity index (χ3n) is 2.52. The largest absolute Gasteiger partial charge is 0.463 e. The van der Waals surface area contributed by atoms with Crippen LogP contribution in [-0.2, 0) is 13.1 Å². The Morgan fingerprint density at radius 3 is 3.36 bits per heavy atom. The molecule has 0 saturated heterocycles. The van der Waals surface area contributed by atoms with Gasteiger partial charge in [0.25, 0.3) is 0 Å². The van der Waals surface area contributed by atoms with Crippen molar-refractivity contribution in [2.24, 2.45) is 0 Å². The van der Waals surface area contributed by atoms with Gasteiger partial charge in [0.15, 0.2) is 5.76 Å². The van der Waals surface area contributed by atoms with Crippen molar-refractivity contribution in [1.82, 2.24) is 14.9 Å². The summed E-state index contributed by atoms with van der Waals surface area (Å²) < 4.78 is 7.52. The van der Waals surface area contributed by atoms with E-state index in [0.29, 0.717) is 0 Å². The Morgan fingerprint density at radius 1 is 1.50 bits per heavy atom. The van der Waals surface area contributed by atoms with Crippen molar-refractivity contribution in [1.29, 1.82) is 0 Å². The Morgan fingerprint density at radius 2 is 2.50 bits per heavy atom. The third kappa shape index (κ3) is 1.08. The normalized spacial score (nSPS) is 15.4. The number of rotatable bonds is 1. The Kier molecular flexibility index (Phi) is 1.67. The van der Waals surface area contributed by atoms with Gasteiger partial charge >= 0.3 is 0 Å². The molecule has 0 bridgehead atoms. The number of fused-ring (bicyclic) bond motifs is 1. The standard InChI is InChI=1S/C10H11N3O/c1-2-9(14-5-1)10-8-6-11-3-4-13(8)7-12-10/h1-2,5,7,11H,3-4,6H2. The van der Waals surface area contributed by atoms with Gasteiger partial charge in [-0.1, -0.05) is 0 Å². The van der Waals surface area contributed by atoms with E-state index in [1.165, 1.54) is 5.69 Å². The van der Waals surface area contributed by atoms with Crippen LogP contribution in [-0.4, -0.2) is 16.1 Å². The summed E-state index contributed by atoms with van der Waals surface area (Å²) in [6.45, 7) is 2.88. The molecule has 3 heterocycles. The van der Waals surface area contributed by atoms with Crippen LogP contribution in [0.25, 0.3) is 11.5 Å². The highest BCUT2D eigenvalue weighted by Gasteiger charge is 2.16. The SMILES string of the molecule is c1coc(-c2ncn3c2CNCC3)c1. The first-order valence-electron chi connectivity index (χ1n) is 4.74. The molecule has 0 aromatic carbocycles. The molecule has 1 aliphatic heterocycles. The maximum atomic E-state index is 5.34. The number of hydrogen-bond donors (Lipinski definition) is 1. The summed E-state index contributed by atoms with van der Waals surface area (Å²) in [5, 5.41) is 3.33. The van der Waals surface area contributed by atoms with Crippen LogP contribution in [0.5, 0.6) is 0 Å². The quantitative estimate of drug-likeness (QED) is 0.734. The zero-order chi connectivity index (χ0) is 9.38. The number of aromatic nitrogens is 2. The zero-order valence-electron chi connectivity index (χ0n) is 7.73. The predicted octanol–water partition coefficient (Wildman–Crippen LogP) is 1.25. The lowest BCUT2D eigenvalue weighted by Gasteiger charge is -2.15. The van der Waals surface area contributed by atoms with E-state index in [4.69, 9.17) is 4.42 Å². The fraction of sp³-hybridized carbons (Fsp3) is 0.300. The third-order valence-corrected chi connectivity index (χ3v) is 2.52. The van der Waals surface area contributed by atoms with Gasteiger partial charge in [0.05, 0.1) is 18.3 Å². The van der Waals surface area contributed by atoms with Gasteiger partial charge in [0, 0.05) is 19.6 Å². The van der Waals surface area contributed by atoms with Crippen LogP contribution in [0, 0.1) is 0 Å². The minimum atomic E-state index is 0.849. The molecule has 4 nitrogen and oxygen atoms in total. The summed E-state index contributed by atoms with van der Waals surface area (Å²) in [6, 6.07) is 3.83. The van der Waals surface area contributed by atoms with Crippen LogP contribution in [0.1, 0.15) is 5.69 Å². The van der Waals surface area contributed by atoms with Crippen molar-refractivity contribution in [3.63, 3.8) is 0 Å². The molecule has 14 heavy (non-hydrogen) atoms. The van der Waals surface area contributed by atoms with Gasteiger partial charge in [0.2, 0.25) is 0 Å². The summed E-state index contributed by atoms with van der Waals surface area (Å²) in [6.07, 6.45) is 3.56. The molecule has 0 radical (unpaired) electrons. The van der Waals surface area contributed by atoms with Crippen LogP contribution in [0.4, 0.5) is 0 Å². The molecule has 72 valence electrons. The Labute approximate surface area is 81.6 Å². The van der Waals surface area contributed by atoms with Crippen LogP contribution >= 0.6 is 0 Å². The van der Waals surface area contributed by atoms with E-state index in [2.05, 4.69) is 14.9 Å². The highest BCUT2D eigenvalue weighted by atomic mass is 16.3. The lowest BCUT2D eigenvalue weighted by atomic mass is 10.2. The molecule has 3 rings (SSSR count). The van der Waals surface area contributed by atoms with Gasteiger partial charge in [-0.05, 0) is 12.1 Å².